The number of nitrogens with zero attached hydrogens (tertiary/aromatic N) is 5. The number of unbranched alkanes of at least 4 members (excludes halogenated alkanes) is 1. The Morgan fingerprint density at radius 3 is 2.46 bits per heavy atom. The number of anilines is 2. The lowest BCUT2D eigenvalue weighted by Crippen LogP contribution is -2.65. The highest BCUT2D eigenvalue weighted by Crippen LogP contribution is 2.43. The molecule has 16 heteroatoms. The number of halogens is 6. The van der Waals surface area contributed by atoms with Gasteiger partial charge >= 0.3 is 12.4 Å². The molecule has 3 N–H and O–H groups in total. The molecule has 0 saturated carbocycles. The minimum absolute atomic E-state index is 0.0258. The summed E-state index contributed by atoms with van der Waals surface area (Å²) in [5.74, 6) is -1.07. The first-order chi connectivity index (χ1) is 23.6. The van der Waals surface area contributed by atoms with Crippen molar-refractivity contribution in [2.75, 3.05) is 50.1 Å². The van der Waals surface area contributed by atoms with Gasteiger partial charge in [0.25, 0.3) is 5.91 Å². The van der Waals surface area contributed by atoms with Crippen LogP contribution in [0.3, 0.4) is 0 Å². The van der Waals surface area contributed by atoms with Crippen molar-refractivity contribution < 1.29 is 35.9 Å². The zero-order valence-corrected chi connectivity index (χ0v) is 26.8. The van der Waals surface area contributed by atoms with Crippen LogP contribution in [0, 0.1) is 27.6 Å². The predicted octanol–water partition coefficient (Wildman–Crippen LogP) is 6.36. The number of alkyl halides is 6. The zero-order valence-electron chi connectivity index (χ0n) is 26.8. The maximum atomic E-state index is 14.5. The van der Waals surface area contributed by atoms with E-state index in [-0.39, 0.29) is 70.2 Å². The summed E-state index contributed by atoms with van der Waals surface area (Å²) in [6.45, 7) is 2.53. The Balaban J connectivity index is 1.42. The number of nitrogens with one attached hydrogen (secondary N) is 3. The second kappa shape index (κ2) is 13.0. The molecule has 0 unspecified atom stereocenters. The molecule has 1 spiro atoms. The molecule has 0 aliphatic carbocycles. The topological polar surface area (TPSA) is 132 Å². The average Bonchev–Trinajstić information content (AvgIpc) is 3.37. The van der Waals surface area contributed by atoms with E-state index in [1.807, 2.05) is 11.0 Å². The number of rotatable bonds is 10. The van der Waals surface area contributed by atoms with Gasteiger partial charge in [0.15, 0.2) is 0 Å². The number of hydrogen-bond acceptors (Lipinski definition) is 8. The van der Waals surface area contributed by atoms with Crippen LogP contribution in [0.15, 0.2) is 42.5 Å². The SMILES string of the molecule is CN(C=N)C(=N)c1ccc(C(F)(F)F)cc1-c1cc(NCCCC#N)nc(N2Cc3c(cc(CN4CC5(COC5)C4)cc3C(F)(F)F)C2=O)c1. The van der Waals surface area contributed by atoms with Crippen molar-refractivity contribution in [3.05, 3.63) is 75.8 Å². The van der Waals surface area contributed by atoms with Gasteiger partial charge in [-0.25, -0.2) is 4.98 Å². The van der Waals surface area contributed by atoms with Crippen LogP contribution in [-0.4, -0.2) is 72.8 Å². The van der Waals surface area contributed by atoms with E-state index in [0.29, 0.717) is 38.3 Å². The van der Waals surface area contributed by atoms with Gasteiger partial charge in [-0.05, 0) is 65.1 Å². The number of carbonyl (C=O) groups excluding carboxylic acids is 1. The molecule has 0 radical (unpaired) electrons. The van der Waals surface area contributed by atoms with E-state index in [4.69, 9.17) is 20.8 Å². The number of amidine groups is 1. The van der Waals surface area contributed by atoms with E-state index in [9.17, 15) is 31.1 Å². The molecule has 3 aliphatic rings. The zero-order chi connectivity index (χ0) is 36.0. The summed E-state index contributed by atoms with van der Waals surface area (Å²) in [5, 5.41) is 28.0. The fourth-order valence-corrected chi connectivity index (χ4v) is 6.55. The van der Waals surface area contributed by atoms with E-state index in [0.717, 1.165) is 40.4 Å². The molecule has 4 heterocycles. The minimum atomic E-state index is -4.77. The second-order valence-corrected chi connectivity index (χ2v) is 12.8. The molecule has 0 bridgehead atoms. The largest absolute Gasteiger partial charge is 0.416 e. The van der Waals surface area contributed by atoms with E-state index in [1.165, 1.54) is 25.2 Å². The molecular weight excluding hydrogens is 666 g/mol. The lowest BCUT2D eigenvalue weighted by molar-refractivity contribution is -0.191. The summed E-state index contributed by atoms with van der Waals surface area (Å²) in [6, 6.07) is 9.98. The van der Waals surface area contributed by atoms with Crippen LogP contribution < -0.4 is 10.2 Å². The molecule has 2 fully saturated rings. The molecule has 262 valence electrons. The number of nitriles is 1. The summed E-state index contributed by atoms with van der Waals surface area (Å²) in [6.07, 6.45) is -8.13. The fraction of sp³-hybridized carbons (Fsp3) is 0.382. The highest BCUT2D eigenvalue weighted by atomic mass is 19.4. The van der Waals surface area contributed by atoms with Gasteiger partial charge < -0.3 is 15.0 Å². The van der Waals surface area contributed by atoms with Crippen molar-refractivity contribution in [1.82, 2.24) is 14.8 Å². The molecular formula is C34H32F6N8O2. The maximum absolute atomic E-state index is 14.5. The van der Waals surface area contributed by atoms with Gasteiger partial charge in [-0.3, -0.25) is 25.4 Å². The number of pyridine rings is 1. The Morgan fingerprint density at radius 1 is 1.10 bits per heavy atom. The Morgan fingerprint density at radius 2 is 1.84 bits per heavy atom. The van der Waals surface area contributed by atoms with Crippen molar-refractivity contribution in [2.45, 2.75) is 38.3 Å². The van der Waals surface area contributed by atoms with Crippen LogP contribution in [0.4, 0.5) is 38.0 Å². The van der Waals surface area contributed by atoms with Gasteiger partial charge in [0.1, 0.15) is 17.5 Å². The first-order valence-electron chi connectivity index (χ1n) is 15.6. The third-order valence-corrected chi connectivity index (χ3v) is 9.07. The summed E-state index contributed by atoms with van der Waals surface area (Å²) in [5.41, 5.74) is -1.93. The monoisotopic (exact) mass is 698 g/mol. The highest BCUT2D eigenvalue weighted by Gasteiger charge is 2.49. The molecule has 0 atom stereocenters. The molecule has 3 aromatic rings. The summed E-state index contributed by atoms with van der Waals surface area (Å²) in [4.78, 5) is 22.5. The Bertz CT molecular complexity index is 1890. The summed E-state index contributed by atoms with van der Waals surface area (Å²) < 4.78 is 90.4. The third-order valence-electron chi connectivity index (χ3n) is 9.07. The lowest BCUT2D eigenvalue weighted by atomic mass is 9.78. The van der Waals surface area contributed by atoms with Gasteiger partial charge in [-0.1, -0.05) is 6.07 Å². The van der Waals surface area contributed by atoms with Crippen LogP contribution >= 0.6 is 0 Å². The minimum Gasteiger partial charge on any atom is -0.380 e. The number of aromatic nitrogens is 1. The van der Waals surface area contributed by atoms with Crippen LogP contribution in [0.2, 0.25) is 0 Å². The standard InChI is InChI=1S/C34H32F6N8O2/c1-46(19-42)30(43)23-5-4-22(33(35,36)37)12-24(23)21-10-28(44-7-3-2-6-41)45-29(11-21)48-14-26-25(31(48)49)8-20(9-27(26)34(38,39)40)13-47-15-32(16-47)17-50-18-32/h4-5,8-12,19,42-43H,2-3,7,13-18H2,1H3,(H,44,45). The molecule has 50 heavy (non-hydrogen) atoms. The summed E-state index contributed by atoms with van der Waals surface area (Å²) >= 11 is 0. The first kappa shape index (κ1) is 34.8. The van der Waals surface area contributed by atoms with Crippen molar-refractivity contribution in [3.8, 4) is 17.2 Å². The fourth-order valence-electron chi connectivity index (χ4n) is 6.55. The van der Waals surface area contributed by atoms with Crippen molar-refractivity contribution in [3.63, 3.8) is 0 Å². The number of fused-ring (bicyclic) bond motifs is 1. The number of hydrogen-bond donors (Lipinski definition) is 3. The molecule has 3 aliphatic heterocycles. The third kappa shape index (κ3) is 6.75. The molecule has 1 aromatic heterocycles. The van der Waals surface area contributed by atoms with Crippen molar-refractivity contribution >= 4 is 29.7 Å². The Labute approximate surface area is 283 Å². The first-order valence-corrected chi connectivity index (χ1v) is 15.6. The van der Waals surface area contributed by atoms with Crippen molar-refractivity contribution in [2.24, 2.45) is 5.41 Å². The molecule has 6 rings (SSSR count). The normalized spacial score (nSPS) is 16.8. The van der Waals surface area contributed by atoms with Gasteiger partial charge in [0.2, 0.25) is 0 Å². The van der Waals surface area contributed by atoms with E-state index in [2.05, 4.69) is 10.3 Å². The van der Waals surface area contributed by atoms with Gasteiger partial charge in [0.05, 0.1) is 43.3 Å². The van der Waals surface area contributed by atoms with Crippen LogP contribution in [0.1, 0.15) is 51.0 Å². The molecule has 1 amide bonds. The predicted molar refractivity (Wildman–Crippen MR) is 172 cm³/mol. The number of ether oxygens (including phenoxy) is 1. The van der Waals surface area contributed by atoms with Crippen LogP contribution in [0.25, 0.3) is 11.1 Å². The lowest BCUT2D eigenvalue weighted by Gasteiger charge is -2.55. The highest BCUT2D eigenvalue weighted by molar-refractivity contribution is 6.11. The van der Waals surface area contributed by atoms with E-state index in [1.54, 1.807) is 0 Å². The van der Waals surface area contributed by atoms with Gasteiger partial charge in [0, 0.05) is 56.2 Å². The van der Waals surface area contributed by atoms with Gasteiger partial charge in [-0.15, -0.1) is 0 Å². The second-order valence-electron chi connectivity index (χ2n) is 12.8. The average molecular weight is 699 g/mol. The molecule has 10 nitrogen and oxygen atoms in total. The number of amides is 1. The van der Waals surface area contributed by atoms with Gasteiger partial charge in [-0.2, -0.15) is 31.6 Å². The molecule has 2 aromatic carbocycles. The number of benzene rings is 2. The maximum Gasteiger partial charge on any atom is 0.416 e. The quantitative estimate of drug-likeness (QED) is 0.0972. The van der Waals surface area contributed by atoms with Crippen LogP contribution in [-0.2, 0) is 30.2 Å². The van der Waals surface area contributed by atoms with E-state index >= 15 is 0 Å². The smallest absolute Gasteiger partial charge is 0.380 e. The Hall–Kier alpha value is -5.01. The van der Waals surface area contributed by atoms with E-state index < -0.39 is 35.9 Å². The number of carbonyl (C=O) groups is 1. The van der Waals surface area contributed by atoms with Crippen LogP contribution in [0.5, 0.6) is 0 Å². The summed E-state index contributed by atoms with van der Waals surface area (Å²) in [7, 11) is 1.38. The van der Waals surface area contributed by atoms with Crippen molar-refractivity contribution in [1.29, 1.82) is 16.1 Å². The Kier molecular flexibility index (Phi) is 9.08. The number of likely N-dealkylation sites (tertiary alicyclic amines) is 1. The molecule has 2 saturated heterocycles.